The van der Waals surface area contributed by atoms with Crippen LogP contribution in [0.4, 0.5) is 0 Å². The molecule has 1 amide bonds. The highest BCUT2D eigenvalue weighted by Gasteiger charge is 2.25. The van der Waals surface area contributed by atoms with Gasteiger partial charge in [0.1, 0.15) is 5.75 Å². The van der Waals surface area contributed by atoms with Crippen molar-refractivity contribution in [3.63, 3.8) is 0 Å². The number of carbonyl (C=O) groups is 1. The van der Waals surface area contributed by atoms with Crippen molar-refractivity contribution in [2.45, 2.75) is 45.7 Å². The minimum Gasteiger partial charge on any atom is -0.483 e. The third kappa shape index (κ3) is 4.46. The average Bonchev–Trinajstić information content (AvgIpc) is 2.49. The Morgan fingerprint density at radius 3 is 2.76 bits per heavy atom. The van der Waals surface area contributed by atoms with Crippen LogP contribution in [0, 0.1) is 11.8 Å². The molecule has 0 aromatic heterocycles. The first kappa shape index (κ1) is 15.8. The molecular weight excluding hydrogens is 264 g/mol. The molecule has 4 nitrogen and oxygen atoms in total. The highest BCUT2D eigenvalue weighted by Crippen LogP contribution is 2.29. The van der Waals surface area contributed by atoms with E-state index in [-0.39, 0.29) is 18.6 Å². The van der Waals surface area contributed by atoms with Crippen LogP contribution in [-0.2, 0) is 11.3 Å². The van der Waals surface area contributed by atoms with Gasteiger partial charge in [-0.05, 0) is 37.2 Å². The molecule has 116 valence electrons. The predicted molar refractivity (Wildman–Crippen MR) is 83.9 cm³/mol. The van der Waals surface area contributed by atoms with Crippen molar-refractivity contribution in [2.75, 3.05) is 6.61 Å². The number of carbonyl (C=O) groups excluding carboxylic acids is 1. The van der Waals surface area contributed by atoms with Crippen molar-refractivity contribution in [3.05, 3.63) is 29.8 Å². The lowest BCUT2D eigenvalue weighted by Crippen LogP contribution is -2.41. The van der Waals surface area contributed by atoms with Gasteiger partial charge in [-0.1, -0.05) is 32.0 Å². The molecule has 1 aromatic carbocycles. The normalized spacial score (nSPS) is 25.4. The molecule has 21 heavy (non-hydrogen) atoms. The van der Waals surface area contributed by atoms with Crippen molar-refractivity contribution < 1.29 is 9.53 Å². The maximum Gasteiger partial charge on any atom is 0.258 e. The lowest BCUT2D eigenvalue weighted by Gasteiger charge is -2.32. The monoisotopic (exact) mass is 290 g/mol. The average molecular weight is 290 g/mol. The Bertz CT molecular complexity index is 476. The first-order valence-corrected chi connectivity index (χ1v) is 7.80. The van der Waals surface area contributed by atoms with Crippen molar-refractivity contribution in [2.24, 2.45) is 17.6 Å². The molecule has 3 N–H and O–H groups in total. The van der Waals surface area contributed by atoms with Crippen LogP contribution in [0.2, 0.25) is 0 Å². The van der Waals surface area contributed by atoms with E-state index in [1.54, 1.807) is 0 Å². The Balaban J connectivity index is 1.80. The Kier molecular flexibility index (Phi) is 5.62. The van der Waals surface area contributed by atoms with Crippen LogP contribution in [0.25, 0.3) is 0 Å². The van der Waals surface area contributed by atoms with Crippen molar-refractivity contribution >= 4 is 5.91 Å². The molecule has 1 aliphatic carbocycles. The van der Waals surface area contributed by atoms with Crippen molar-refractivity contribution in [3.8, 4) is 5.75 Å². The second kappa shape index (κ2) is 7.46. The molecule has 1 fully saturated rings. The predicted octanol–water partition coefficient (Wildman–Crippen LogP) is 2.46. The van der Waals surface area contributed by atoms with E-state index >= 15 is 0 Å². The van der Waals surface area contributed by atoms with Crippen LogP contribution < -0.4 is 15.8 Å². The minimum absolute atomic E-state index is 0.0476. The number of rotatable bonds is 5. The van der Waals surface area contributed by atoms with E-state index in [0.717, 1.165) is 24.3 Å². The van der Waals surface area contributed by atoms with Gasteiger partial charge in [0.15, 0.2) is 6.61 Å². The van der Waals surface area contributed by atoms with E-state index in [1.165, 1.54) is 6.42 Å². The molecule has 0 bridgehead atoms. The van der Waals surface area contributed by atoms with Crippen LogP contribution in [-0.4, -0.2) is 18.6 Å². The van der Waals surface area contributed by atoms with Gasteiger partial charge in [-0.15, -0.1) is 0 Å². The van der Waals surface area contributed by atoms with E-state index in [4.69, 9.17) is 10.5 Å². The van der Waals surface area contributed by atoms with Crippen LogP contribution in [0.5, 0.6) is 5.75 Å². The fraction of sp³-hybridized carbons (Fsp3) is 0.588. The van der Waals surface area contributed by atoms with E-state index in [2.05, 4.69) is 19.2 Å². The Labute approximate surface area is 127 Å². The fourth-order valence-corrected chi connectivity index (χ4v) is 2.90. The van der Waals surface area contributed by atoms with Crippen LogP contribution in [0.15, 0.2) is 24.3 Å². The Hall–Kier alpha value is -1.55. The van der Waals surface area contributed by atoms with Crippen LogP contribution >= 0.6 is 0 Å². The zero-order chi connectivity index (χ0) is 15.2. The number of para-hydroxylation sites is 1. The highest BCUT2D eigenvalue weighted by atomic mass is 16.5. The number of amides is 1. The number of nitrogens with two attached hydrogens (primary N) is 1. The third-order valence-corrected chi connectivity index (χ3v) is 4.51. The summed E-state index contributed by atoms with van der Waals surface area (Å²) in [5.41, 5.74) is 6.58. The standard InChI is InChI=1S/C17H26N2O2/c1-12-7-8-15(9-13(12)2)19-17(20)11-21-16-6-4-3-5-14(16)10-18/h3-6,12-13,15H,7-11,18H2,1-2H3,(H,19,20). The van der Waals surface area contributed by atoms with E-state index in [9.17, 15) is 4.79 Å². The summed E-state index contributed by atoms with van der Waals surface area (Å²) in [6.45, 7) is 5.01. The van der Waals surface area contributed by atoms with Crippen molar-refractivity contribution in [1.29, 1.82) is 0 Å². The number of benzene rings is 1. The summed E-state index contributed by atoms with van der Waals surface area (Å²) in [5, 5.41) is 3.08. The second-order valence-corrected chi connectivity index (χ2v) is 6.13. The summed E-state index contributed by atoms with van der Waals surface area (Å²) in [4.78, 5) is 12.0. The van der Waals surface area contributed by atoms with Gasteiger partial charge in [-0.2, -0.15) is 0 Å². The largest absolute Gasteiger partial charge is 0.483 e. The van der Waals surface area contributed by atoms with E-state index in [0.29, 0.717) is 18.2 Å². The summed E-state index contributed by atoms with van der Waals surface area (Å²) in [6.07, 6.45) is 3.31. The quantitative estimate of drug-likeness (QED) is 0.875. The van der Waals surface area contributed by atoms with Gasteiger partial charge in [-0.3, -0.25) is 4.79 Å². The van der Waals surface area contributed by atoms with Gasteiger partial charge in [-0.25, -0.2) is 0 Å². The molecule has 1 aliphatic rings. The zero-order valence-corrected chi connectivity index (χ0v) is 13.0. The van der Waals surface area contributed by atoms with E-state index in [1.807, 2.05) is 24.3 Å². The highest BCUT2D eigenvalue weighted by molar-refractivity contribution is 5.77. The molecule has 0 aliphatic heterocycles. The first-order chi connectivity index (χ1) is 10.1. The number of hydrogen-bond acceptors (Lipinski definition) is 3. The minimum atomic E-state index is -0.0476. The molecule has 0 spiro atoms. The molecular formula is C17H26N2O2. The van der Waals surface area contributed by atoms with Gasteiger partial charge in [0, 0.05) is 18.2 Å². The third-order valence-electron chi connectivity index (χ3n) is 4.51. The SMILES string of the molecule is CC1CCC(NC(=O)COc2ccccc2CN)CC1C. The molecule has 3 atom stereocenters. The summed E-state index contributed by atoms with van der Waals surface area (Å²) in [7, 11) is 0. The molecule has 0 saturated heterocycles. The lowest BCUT2D eigenvalue weighted by atomic mass is 9.79. The molecule has 0 heterocycles. The topological polar surface area (TPSA) is 64.3 Å². The number of hydrogen-bond donors (Lipinski definition) is 2. The molecule has 1 aromatic rings. The van der Waals surface area contributed by atoms with Gasteiger partial charge in [0.05, 0.1) is 0 Å². The summed E-state index contributed by atoms with van der Waals surface area (Å²) in [5.74, 6) is 2.07. The lowest BCUT2D eigenvalue weighted by molar-refractivity contribution is -0.124. The van der Waals surface area contributed by atoms with Gasteiger partial charge in [0.25, 0.3) is 5.91 Å². The van der Waals surface area contributed by atoms with Crippen LogP contribution in [0.3, 0.4) is 0 Å². The Morgan fingerprint density at radius 1 is 1.29 bits per heavy atom. The maximum absolute atomic E-state index is 12.0. The van der Waals surface area contributed by atoms with Crippen LogP contribution in [0.1, 0.15) is 38.7 Å². The molecule has 3 unspecified atom stereocenters. The first-order valence-electron chi connectivity index (χ1n) is 7.80. The number of ether oxygens (including phenoxy) is 1. The molecule has 2 rings (SSSR count). The number of nitrogens with one attached hydrogen (secondary N) is 1. The maximum atomic E-state index is 12.0. The molecule has 4 heteroatoms. The molecule has 0 radical (unpaired) electrons. The zero-order valence-electron chi connectivity index (χ0n) is 13.0. The van der Waals surface area contributed by atoms with Gasteiger partial charge < -0.3 is 15.8 Å². The van der Waals surface area contributed by atoms with E-state index < -0.39 is 0 Å². The summed E-state index contributed by atoms with van der Waals surface area (Å²) < 4.78 is 5.59. The summed E-state index contributed by atoms with van der Waals surface area (Å²) >= 11 is 0. The smallest absolute Gasteiger partial charge is 0.258 e. The fourth-order valence-electron chi connectivity index (χ4n) is 2.90. The van der Waals surface area contributed by atoms with Gasteiger partial charge >= 0.3 is 0 Å². The summed E-state index contributed by atoms with van der Waals surface area (Å²) in [6, 6.07) is 7.85. The Morgan fingerprint density at radius 2 is 2.05 bits per heavy atom. The van der Waals surface area contributed by atoms with Crippen molar-refractivity contribution in [1.82, 2.24) is 5.32 Å². The second-order valence-electron chi connectivity index (χ2n) is 6.13. The molecule has 1 saturated carbocycles. The van der Waals surface area contributed by atoms with Gasteiger partial charge in [0.2, 0.25) is 0 Å².